The third-order valence-corrected chi connectivity index (χ3v) is 4.77. The van der Waals surface area contributed by atoms with Gasteiger partial charge in [0.15, 0.2) is 16.9 Å². The SMILES string of the molecule is CC(CC(C)(C)O)NC(=O)Oc1c[nH]c2ncc(-c3nn(C)c4cc(F)ccc34)nc12. The number of ether oxygens (including phenoxy) is 1. The molecule has 1 amide bonds. The predicted molar refractivity (Wildman–Crippen MR) is 113 cm³/mol. The number of aryl methyl sites for hydroxylation is 1. The summed E-state index contributed by atoms with van der Waals surface area (Å²) in [5.74, 6) is -0.140. The highest BCUT2D eigenvalue weighted by atomic mass is 19.1. The smallest absolute Gasteiger partial charge is 0.406 e. The molecule has 9 nitrogen and oxygen atoms in total. The van der Waals surface area contributed by atoms with Gasteiger partial charge in [0.05, 0.1) is 17.3 Å². The van der Waals surface area contributed by atoms with Gasteiger partial charge in [0.25, 0.3) is 0 Å². The Morgan fingerprint density at radius 3 is 2.94 bits per heavy atom. The molecule has 162 valence electrons. The fourth-order valence-electron chi connectivity index (χ4n) is 3.61. The van der Waals surface area contributed by atoms with Crippen molar-refractivity contribution in [1.29, 1.82) is 0 Å². The summed E-state index contributed by atoms with van der Waals surface area (Å²) in [6.45, 7) is 5.12. The van der Waals surface area contributed by atoms with Crippen LogP contribution in [0.5, 0.6) is 5.75 Å². The second kappa shape index (κ2) is 7.62. The van der Waals surface area contributed by atoms with Crippen LogP contribution in [0.15, 0.2) is 30.6 Å². The summed E-state index contributed by atoms with van der Waals surface area (Å²) in [5, 5.41) is 17.8. The van der Waals surface area contributed by atoms with Crippen LogP contribution < -0.4 is 10.1 Å². The summed E-state index contributed by atoms with van der Waals surface area (Å²) in [4.78, 5) is 24.1. The first kappa shape index (κ1) is 20.7. The molecule has 1 unspecified atom stereocenters. The standard InChI is InChI=1S/C21H23FN6O3/c1-11(8-21(2,3)30)25-20(29)31-16-10-24-19-18(16)26-14(9-23-19)17-13-6-5-12(22)7-15(13)28(4)27-17/h5-7,9-11,30H,8H2,1-4H3,(H,23,24)(H,25,29). The number of carbonyl (C=O) groups is 1. The first-order chi connectivity index (χ1) is 14.6. The van der Waals surface area contributed by atoms with E-state index in [1.54, 1.807) is 44.8 Å². The van der Waals surface area contributed by atoms with Gasteiger partial charge in [0, 0.05) is 24.7 Å². The first-order valence-electron chi connectivity index (χ1n) is 9.78. The number of hydrogen-bond donors (Lipinski definition) is 3. The quantitative estimate of drug-likeness (QED) is 0.451. The second-order valence-corrected chi connectivity index (χ2v) is 8.19. The average Bonchev–Trinajstić information content (AvgIpc) is 3.20. The van der Waals surface area contributed by atoms with E-state index in [4.69, 9.17) is 4.74 Å². The summed E-state index contributed by atoms with van der Waals surface area (Å²) in [5.41, 5.74) is 1.53. The van der Waals surface area contributed by atoms with Gasteiger partial charge in [-0.25, -0.2) is 19.2 Å². The molecule has 0 saturated heterocycles. The van der Waals surface area contributed by atoms with E-state index in [-0.39, 0.29) is 17.6 Å². The predicted octanol–water partition coefficient (Wildman–Crippen LogP) is 3.29. The van der Waals surface area contributed by atoms with Gasteiger partial charge < -0.3 is 20.1 Å². The van der Waals surface area contributed by atoms with Gasteiger partial charge in [-0.3, -0.25) is 4.68 Å². The molecule has 3 N–H and O–H groups in total. The van der Waals surface area contributed by atoms with Gasteiger partial charge in [0.2, 0.25) is 0 Å². The molecule has 10 heteroatoms. The minimum Gasteiger partial charge on any atom is -0.406 e. The van der Waals surface area contributed by atoms with Crippen molar-refractivity contribution >= 4 is 28.2 Å². The van der Waals surface area contributed by atoms with Crippen molar-refractivity contribution in [2.45, 2.75) is 38.8 Å². The van der Waals surface area contributed by atoms with Crippen molar-refractivity contribution in [3.63, 3.8) is 0 Å². The first-order valence-corrected chi connectivity index (χ1v) is 9.78. The van der Waals surface area contributed by atoms with Crippen LogP contribution in [-0.2, 0) is 7.05 Å². The lowest BCUT2D eigenvalue weighted by molar-refractivity contribution is 0.0616. The molecule has 0 fully saturated rings. The van der Waals surface area contributed by atoms with Crippen LogP contribution in [0.2, 0.25) is 0 Å². The Morgan fingerprint density at radius 1 is 1.42 bits per heavy atom. The van der Waals surface area contributed by atoms with Crippen molar-refractivity contribution in [2.75, 3.05) is 0 Å². The number of aromatic amines is 1. The monoisotopic (exact) mass is 426 g/mol. The van der Waals surface area contributed by atoms with Gasteiger partial charge in [-0.2, -0.15) is 5.10 Å². The van der Waals surface area contributed by atoms with E-state index in [0.717, 1.165) is 5.39 Å². The summed E-state index contributed by atoms with van der Waals surface area (Å²) in [7, 11) is 1.72. The number of rotatable bonds is 5. The molecular formula is C21H23FN6O3. The molecule has 31 heavy (non-hydrogen) atoms. The second-order valence-electron chi connectivity index (χ2n) is 8.19. The van der Waals surface area contributed by atoms with Crippen molar-refractivity contribution in [2.24, 2.45) is 7.05 Å². The molecule has 4 rings (SSSR count). The van der Waals surface area contributed by atoms with Crippen molar-refractivity contribution < 1.29 is 19.0 Å². The van der Waals surface area contributed by atoms with Crippen LogP contribution in [0.1, 0.15) is 27.2 Å². The van der Waals surface area contributed by atoms with Crippen molar-refractivity contribution in [3.05, 3.63) is 36.4 Å². The van der Waals surface area contributed by atoms with Gasteiger partial charge in [-0.1, -0.05) is 0 Å². The third kappa shape index (κ3) is 4.33. The Hall–Kier alpha value is -3.53. The molecular weight excluding hydrogens is 403 g/mol. The number of amides is 1. The van der Waals surface area contributed by atoms with Crippen LogP contribution in [-0.4, -0.2) is 47.6 Å². The molecule has 0 spiro atoms. The zero-order valence-corrected chi connectivity index (χ0v) is 17.6. The van der Waals surface area contributed by atoms with Crippen molar-refractivity contribution in [1.82, 2.24) is 30.0 Å². The lowest BCUT2D eigenvalue weighted by Gasteiger charge is -2.22. The number of aromatic nitrogens is 5. The number of halogens is 1. The topological polar surface area (TPSA) is 118 Å². The minimum atomic E-state index is -0.914. The lowest BCUT2D eigenvalue weighted by Crippen LogP contribution is -2.39. The molecule has 3 heterocycles. The number of carbonyl (C=O) groups excluding carboxylic acids is 1. The van der Waals surface area contributed by atoms with Gasteiger partial charge in [-0.15, -0.1) is 0 Å². The lowest BCUT2D eigenvalue weighted by atomic mass is 10.0. The third-order valence-electron chi connectivity index (χ3n) is 4.77. The van der Waals surface area contributed by atoms with E-state index < -0.39 is 11.7 Å². The van der Waals surface area contributed by atoms with E-state index in [2.05, 4.69) is 25.4 Å². The number of benzene rings is 1. The van der Waals surface area contributed by atoms with Gasteiger partial charge in [0.1, 0.15) is 17.2 Å². The van der Waals surface area contributed by atoms with E-state index in [1.807, 2.05) is 0 Å². The summed E-state index contributed by atoms with van der Waals surface area (Å²) in [6, 6.07) is 4.12. The van der Waals surface area contributed by atoms with Gasteiger partial charge in [-0.05, 0) is 45.4 Å². The molecule has 3 aromatic heterocycles. The fraction of sp³-hybridized carbons (Fsp3) is 0.333. The fourth-order valence-corrected chi connectivity index (χ4v) is 3.61. The van der Waals surface area contributed by atoms with Crippen LogP contribution in [0.3, 0.4) is 0 Å². The Morgan fingerprint density at radius 2 is 2.19 bits per heavy atom. The Balaban J connectivity index is 1.62. The average molecular weight is 426 g/mol. The van der Waals surface area contributed by atoms with Crippen molar-refractivity contribution in [3.8, 4) is 17.1 Å². The molecule has 0 radical (unpaired) electrons. The normalized spacial score (nSPS) is 13.0. The number of aliphatic hydroxyl groups is 1. The maximum absolute atomic E-state index is 13.6. The zero-order chi connectivity index (χ0) is 22.3. The Labute approximate surface area is 177 Å². The van der Waals surface area contributed by atoms with Crippen LogP contribution >= 0.6 is 0 Å². The van der Waals surface area contributed by atoms with Crippen LogP contribution in [0.4, 0.5) is 9.18 Å². The van der Waals surface area contributed by atoms with E-state index in [0.29, 0.717) is 34.5 Å². The molecule has 4 aromatic rings. The van der Waals surface area contributed by atoms with E-state index in [1.165, 1.54) is 18.3 Å². The largest absolute Gasteiger partial charge is 0.412 e. The zero-order valence-electron chi connectivity index (χ0n) is 17.6. The molecule has 0 saturated carbocycles. The Kier molecular flexibility index (Phi) is 5.10. The maximum atomic E-state index is 13.6. The molecule has 0 aliphatic carbocycles. The minimum absolute atomic E-state index is 0.212. The molecule has 1 atom stereocenters. The number of nitrogens with one attached hydrogen (secondary N) is 2. The maximum Gasteiger partial charge on any atom is 0.412 e. The van der Waals surface area contributed by atoms with Crippen LogP contribution in [0.25, 0.3) is 33.5 Å². The van der Waals surface area contributed by atoms with Crippen LogP contribution in [0, 0.1) is 5.82 Å². The summed E-state index contributed by atoms with van der Waals surface area (Å²) in [6.07, 6.45) is 2.76. The molecule has 1 aromatic carbocycles. The Bertz CT molecular complexity index is 1270. The number of fused-ring (bicyclic) bond motifs is 2. The van der Waals surface area contributed by atoms with E-state index >= 15 is 0 Å². The van der Waals surface area contributed by atoms with Gasteiger partial charge >= 0.3 is 6.09 Å². The number of H-pyrrole nitrogens is 1. The summed E-state index contributed by atoms with van der Waals surface area (Å²) < 4.78 is 20.6. The number of hydrogen-bond acceptors (Lipinski definition) is 6. The molecule has 0 bridgehead atoms. The molecule has 0 aliphatic heterocycles. The summed E-state index contributed by atoms with van der Waals surface area (Å²) >= 11 is 0. The van der Waals surface area contributed by atoms with E-state index in [9.17, 15) is 14.3 Å². The highest BCUT2D eigenvalue weighted by molar-refractivity contribution is 5.93. The highest BCUT2D eigenvalue weighted by Crippen LogP contribution is 2.29. The molecule has 0 aliphatic rings. The number of nitrogens with zero attached hydrogens (tertiary/aromatic N) is 4. The highest BCUT2D eigenvalue weighted by Gasteiger charge is 2.21.